The Bertz CT molecular complexity index is 508. The van der Waals surface area contributed by atoms with Crippen molar-refractivity contribution >= 4 is 17.7 Å². The van der Waals surface area contributed by atoms with Gasteiger partial charge in [0.25, 0.3) is 0 Å². The summed E-state index contributed by atoms with van der Waals surface area (Å²) in [6, 6.07) is 3.17. The van der Waals surface area contributed by atoms with E-state index in [0.717, 1.165) is 0 Å². The molecule has 0 heterocycles. The second-order valence-electron chi connectivity index (χ2n) is 4.63. The standard InChI is InChI=1S/C14H19FN2O4/c1-9(4-3-5-13(18)19)16-14(20)17-11-7-6-10(15)8-12(11)21-2/h6-9H,3-5H2,1-2H3,(H,18,19)(H2,16,17,20). The maximum absolute atomic E-state index is 13.0. The number of anilines is 1. The lowest BCUT2D eigenvalue weighted by atomic mass is 10.1. The molecule has 0 aliphatic rings. The summed E-state index contributed by atoms with van der Waals surface area (Å²) in [4.78, 5) is 22.2. The molecule has 1 aromatic carbocycles. The van der Waals surface area contributed by atoms with Crippen molar-refractivity contribution in [2.24, 2.45) is 0 Å². The summed E-state index contributed by atoms with van der Waals surface area (Å²) >= 11 is 0. The van der Waals surface area contributed by atoms with Crippen LogP contribution in [0.3, 0.4) is 0 Å². The number of halogens is 1. The molecule has 116 valence electrons. The van der Waals surface area contributed by atoms with Gasteiger partial charge in [0.15, 0.2) is 0 Å². The molecule has 6 nitrogen and oxygen atoms in total. The lowest BCUT2D eigenvalue weighted by Crippen LogP contribution is -2.36. The van der Waals surface area contributed by atoms with Crippen LogP contribution in [0.4, 0.5) is 14.9 Å². The zero-order valence-electron chi connectivity index (χ0n) is 12.0. The number of ether oxygens (including phenoxy) is 1. The number of hydrogen-bond donors (Lipinski definition) is 3. The monoisotopic (exact) mass is 298 g/mol. The number of methoxy groups -OCH3 is 1. The van der Waals surface area contributed by atoms with Crippen molar-refractivity contribution in [3.63, 3.8) is 0 Å². The van der Waals surface area contributed by atoms with E-state index < -0.39 is 17.8 Å². The van der Waals surface area contributed by atoms with Gasteiger partial charge in [-0.15, -0.1) is 0 Å². The predicted molar refractivity (Wildman–Crippen MR) is 76.1 cm³/mol. The van der Waals surface area contributed by atoms with Crippen LogP contribution in [0.15, 0.2) is 18.2 Å². The number of carboxylic acid groups (broad SMARTS) is 1. The lowest BCUT2D eigenvalue weighted by molar-refractivity contribution is -0.137. The second-order valence-corrected chi connectivity index (χ2v) is 4.63. The molecule has 3 N–H and O–H groups in total. The number of benzene rings is 1. The summed E-state index contributed by atoms with van der Waals surface area (Å²) in [5.41, 5.74) is 0.356. The minimum absolute atomic E-state index is 0.0689. The molecule has 0 aliphatic heterocycles. The van der Waals surface area contributed by atoms with Crippen LogP contribution in [0.2, 0.25) is 0 Å². The van der Waals surface area contributed by atoms with Gasteiger partial charge in [-0.3, -0.25) is 4.79 Å². The topological polar surface area (TPSA) is 87.7 Å². The Morgan fingerprint density at radius 3 is 2.76 bits per heavy atom. The highest BCUT2D eigenvalue weighted by Gasteiger charge is 2.11. The first-order valence-corrected chi connectivity index (χ1v) is 6.55. The Morgan fingerprint density at radius 2 is 2.14 bits per heavy atom. The van der Waals surface area contributed by atoms with Crippen LogP contribution in [0.25, 0.3) is 0 Å². The molecule has 0 aromatic heterocycles. The molecule has 21 heavy (non-hydrogen) atoms. The molecular weight excluding hydrogens is 279 g/mol. The fourth-order valence-electron chi connectivity index (χ4n) is 1.78. The predicted octanol–water partition coefficient (Wildman–Crippen LogP) is 2.60. The average Bonchev–Trinajstić information content (AvgIpc) is 2.40. The van der Waals surface area contributed by atoms with Gasteiger partial charge in [-0.2, -0.15) is 0 Å². The Kier molecular flexibility index (Phi) is 6.45. The third kappa shape index (κ3) is 6.11. The summed E-state index contributed by atoms with van der Waals surface area (Å²) < 4.78 is 18.0. The molecule has 1 unspecified atom stereocenters. The van der Waals surface area contributed by atoms with Gasteiger partial charge in [-0.05, 0) is 31.9 Å². The maximum Gasteiger partial charge on any atom is 0.319 e. The third-order valence-corrected chi connectivity index (χ3v) is 2.82. The maximum atomic E-state index is 13.0. The number of amides is 2. The molecule has 0 radical (unpaired) electrons. The highest BCUT2D eigenvalue weighted by Crippen LogP contribution is 2.24. The van der Waals surface area contributed by atoms with Gasteiger partial charge in [-0.25, -0.2) is 9.18 Å². The van der Waals surface area contributed by atoms with Crippen LogP contribution < -0.4 is 15.4 Å². The normalized spacial score (nSPS) is 11.6. The number of nitrogens with one attached hydrogen (secondary N) is 2. The van der Waals surface area contributed by atoms with Gasteiger partial charge in [-0.1, -0.05) is 0 Å². The third-order valence-electron chi connectivity index (χ3n) is 2.82. The van der Waals surface area contributed by atoms with Crippen molar-refractivity contribution in [2.45, 2.75) is 32.2 Å². The Morgan fingerprint density at radius 1 is 1.43 bits per heavy atom. The van der Waals surface area contributed by atoms with Crippen molar-refractivity contribution in [3.05, 3.63) is 24.0 Å². The summed E-state index contributed by atoms with van der Waals surface area (Å²) in [7, 11) is 1.38. The highest BCUT2D eigenvalue weighted by atomic mass is 19.1. The molecule has 0 saturated carbocycles. The van der Waals surface area contributed by atoms with Gasteiger partial charge in [0, 0.05) is 18.5 Å². The van der Waals surface area contributed by atoms with E-state index in [4.69, 9.17) is 9.84 Å². The van der Waals surface area contributed by atoms with E-state index in [9.17, 15) is 14.0 Å². The summed E-state index contributed by atoms with van der Waals surface area (Å²) in [5, 5.41) is 13.8. The van der Waals surface area contributed by atoms with Gasteiger partial charge in [0.05, 0.1) is 12.8 Å². The number of carbonyl (C=O) groups is 2. The van der Waals surface area contributed by atoms with Gasteiger partial charge >= 0.3 is 12.0 Å². The molecule has 1 aromatic rings. The number of aliphatic carboxylic acids is 1. The minimum Gasteiger partial charge on any atom is -0.494 e. The summed E-state index contributed by atoms with van der Waals surface area (Å²) in [6.07, 6.45) is 1.11. The Balaban J connectivity index is 2.48. The molecule has 7 heteroatoms. The van der Waals surface area contributed by atoms with Crippen molar-refractivity contribution in [1.29, 1.82) is 0 Å². The first kappa shape index (κ1) is 16.7. The molecular formula is C14H19FN2O4. The van der Waals surface area contributed by atoms with E-state index in [1.807, 2.05) is 0 Å². The van der Waals surface area contributed by atoms with Crippen molar-refractivity contribution in [3.8, 4) is 5.75 Å². The summed E-state index contributed by atoms with van der Waals surface area (Å²) in [6.45, 7) is 1.78. The molecule has 0 spiro atoms. The quantitative estimate of drug-likeness (QED) is 0.722. The fraction of sp³-hybridized carbons (Fsp3) is 0.429. The van der Waals surface area contributed by atoms with Crippen LogP contribution in [-0.2, 0) is 4.79 Å². The Labute approximate surface area is 122 Å². The fourth-order valence-corrected chi connectivity index (χ4v) is 1.78. The molecule has 0 fully saturated rings. The van der Waals surface area contributed by atoms with Gasteiger partial charge < -0.3 is 20.5 Å². The van der Waals surface area contributed by atoms with E-state index in [-0.39, 0.29) is 18.2 Å². The zero-order valence-corrected chi connectivity index (χ0v) is 12.0. The largest absolute Gasteiger partial charge is 0.494 e. The molecule has 0 aliphatic carbocycles. The zero-order chi connectivity index (χ0) is 15.8. The molecule has 0 bridgehead atoms. The van der Waals surface area contributed by atoms with Gasteiger partial charge in [0.2, 0.25) is 0 Å². The molecule has 1 atom stereocenters. The van der Waals surface area contributed by atoms with Crippen LogP contribution in [0.1, 0.15) is 26.2 Å². The van der Waals surface area contributed by atoms with E-state index in [0.29, 0.717) is 18.5 Å². The van der Waals surface area contributed by atoms with Crippen molar-refractivity contribution in [1.82, 2.24) is 5.32 Å². The highest BCUT2D eigenvalue weighted by molar-refractivity contribution is 5.91. The number of urea groups is 1. The van der Waals surface area contributed by atoms with E-state index in [1.54, 1.807) is 6.92 Å². The minimum atomic E-state index is -0.859. The first-order valence-electron chi connectivity index (χ1n) is 6.55. The smallest absolute Gasteiger partial charge is 0.319 e. The summed E-state index contributed by atoms with van der Waals surface area (Å²) in [5.74, 6) is -1.09. The van der Waals surface area contributed by atoms with Crippen LogP contribution in [0, 0.1) is 5.82 Å². The average molecular weight is 298 g/mol. The first-order chi connectivity index (χ1) is 9.92. The molecule has 0 saturated heterocycles. The van der Waals surface area contributed by atoms with Crippen molar-refractivity contribution in [2.75, 3.05) is 12.4 Å². The Hall–Kier alpha value is -2.31. The van der Waals surface area contributed by atoms with E-state index >= 15 is 0 Å². The molecule has 2 amide bonds. The van der Waals surface area contributed by atoms with Crippen molar-refractivity contribution < 1.29 is 23.8 Å². The second kappa shape index (κ2) is 8.08. The number of hydrogen-bond acceptors (Lipinski definition) is 3. The van der Waals surface area contributed by atoms with Crippen LogP contribution in [-0.4, -0.2) is 30.3 Å². The van der Waals surface area contributed by atoms with Gasteiger partial charge in [0.1, 0.15) is 11.6 Å². The number of rotatable bonds is 7. The van der Waals surface area contributed by atoms with Crippen LogP contribution in [0.5, 0.6) is 5.75 Å². The lowest BCUT2D eigenvalue weighted by Gasteiger charge is -2.15. The van der Waals surface area contributed by atoms with E-state index in [2.05, 4.69) is 10.6 Å². The van der Waals surface area contributed by atoms with E-state index in [1.165, 1.54) is 25.3 Å². The number of carbonyl (C=O) groups excluding carboxylic acids is 1. The number of carboxylic acids is 1. The SMILES string of the molecule is COc1cc(F)ccc1NC(=O)NC(C)CCCC(=O)O. The van der Waals surface area contributed by atoms with Crippen LogP contribution >= 0.6 is 0 Å². The molecule has 1 rings (SSSR count).